The molecule has 0 aromatic carbocycles. The molecule has 2 rings (SSSR count). The summed E-state index contributed by atoms with van der Waals surface area (Å²) >= 11 is 0. The topological polar surface area (TPSA) is 80.1 Å². The Labute approximate surface area is 106 Å². The largest absolute Gasteiger partial charge is 0.379 e. The van der Waals surface area contributed by atoms with Crippen LogP contribution in [0.15, 0.2) is 12.4 Å². The maximum atomic E-state index is 8.61. The molecule has 1 aromatic heterocycles. The van der Waals surface area contributed by atoms with Crippen molar-refractivity contribution in [3.05, 3.63) is 18.1 Å². The lowest BCUT2D eigenvalue weighted by atomic mass is 10.3. The van der Waals surface area contributed by atoms with Gasteiger partial charge in [0.25, 0.3) is 0 Å². The lowest BCUT2D eigenvalue weighted by Gasteiger charge is -2.17. The summed E-state index contributed by atoms with van der Waals surface area (Å²) in [6.45, 7) is 4.07. The maximum absolute atomic E-state index is 8.61. The van der Waals surface area contributed by atoms with E-state index in [-0.39, 0.29) is 12.1 Å². The molecule has 1 aliphatic rings. The van der Waals surface area contributed by atoms with Crippen LogP contribution in [-0.2, 0) is 9.47 Å². The van der Waals surface area contributed by atoms with Gasteiger partial charge >= 0.3 is 0 Å². The zero-order chi connectivity index (χ0) is 12.8. The first kappa shape index (κ1) is 12.7. The van der Waals surface area contributed by atoms with E-state index < -0.39 is 0 Å². The fraction of sp³-hybridized carbons (Fsp3) is 0.583. The van der Waals surface area contributed by atoms with Crippen LogP contribution in [0, 0.1) is 11.3 Å². The molecule has 6 nitrogen and oxygen atoms in total. The Hall–Kier alpha value is -1.71. The summed E-state index contributed by atoms with van der Waals surface area (Å²) in [6.07, 6.45) is 4.17. The zero-order valence-electron chi connectivity index (χ0n) is 10.3. The van der Waals surface area contributed by atoms with Crippen molar-refractivity contribution >= 4 is 5.82 Å². The van der Waals surface area contributed by atoms with Crippen LogP contribution in [0.4, 0.5) is 5.82 Å². The molecule has 2 atom stereocenters. The van der Waals surface area contributed by atoms with E-state index in [0.717, 1.165) is 13.0 Å². The van der Waals surface area contributed by atoms with Crippen molar-refractivity contribution < 1.29 is 9.47 Å². The number of hydrogen-bond acceptors (Lipinski definition) is 6. The first-order valence-electron chi connectivity index (χ1n) is 5.96. The molecule has 96 valence electrons. The third-order valence-electron chi connectivity index (χ3n) is 2.63. The number of rotatable bonds is 5. The van der Waals surface area contributed by atoms with Crippen LogP contribution in [0.5, 0.6) is 0 Å². The number of nitriles is 1. The quantitative estimate of drug-likeness (QED) is 0.835. The molecular weight excluding hydrogens is 232 g/mol. The highest BCUT2D eigenvalue weighted by molar-refractivity contribution is 5.34. The highest BCUT2D eigenvalue weighted by Gasteiger charge is 2.17. The Bertz CT molecular complexity index is 409. The number of nitrogens with zero attached hydrogens (tertiary/aromatic N) is 3. The van der Waals surface area contributed by atoms with Crippen LogP contribution in [-0.4, -0.2) is 41.9 Å². The number of anilines is 1. The average Bonchev–Trinajstić information content (AvgIpc) is 2.90. The lowest BCUT2D eigenvalue weighted by molar-refractivity contribution is 0.0395. The third kappa shape index (κ3) is 3.65. The fourth-order valence-electron chi connectivity index (χ4n) is 1.68. The lowest BCUT2D eigenvalue weighted by Crippen LogP contribution is -2.26. The van der Waals surface area contributed by atoms with Crippen molar-refractivity contribution in [3.8, 4) is 6.07 Å². The SMILES string of the molecule is CC(COC1CCOC1)Nc1cnc(C#N)cn1. The van der Waals surface area contributed by atoms with Gasteiger partial charge in [-0.1, -0.05) is 0 Å². The predicted molar refractivity (Wildman–Crippen MR) is 65.0 cm³/mol. The minimum absolute atomic E-state index is 0.132. The molecule has 0 bridgehead atoms. The van der Waals surface area contributed by atoms with Crippen LogP contribution >= 0.6 is 0 Å². The molecule has 1 N–H and O–H groups in total. The van der Waals surface area contributed by atoms with Crippen molar-refractivity contribution in [1.82, 2.24) is 9.97 Å². The molecule has 1 aromatic rings. The van der Waals surface area contributed by atoms with Gasteiger partial charge < -0.3 is 14.8 Å². The Kier molecular flexibility index (Phi) is 4.45. The highest BCUT2D eigenvalue weighted by atomic mass is 16.5. The van der Waals surface area contributed by atoms with Crippen molar-refractivity contribution in [1.29, 1.82) is 5.26 Å². The molecule has 18 heavy (non-hydrogen) atoms. The van der Waals surface area contributed by atoms with E-state index in [2.05, 4.69) is 15.3 Å². The van der Waals surface area contributed by atoms with E-state index in [1.807, 2.05) is 13.0 Å². The third-order valence-corrected chi connectivity index (χ3v) is 2.63. The fourth-order valence-corrected chi connectivity index (χ4v) is 1.68. The van der Waals surface area contributed by atoms with E-state index in [4.69, 9.17) is 14.7 Å². The summed E-state index contributed by atoms with van der Waals surface area (Å²) in [4.78, 5) is 8.03. The molecule has 0 spiro atoms. The van der Waals surface area contributed by atoms with Crippen molar-refractivity contribution in [2.45, 2.75) is 25.5 Å². The van der Waals surface area contributed by atoms with Crippen LogP contribution in [0.1, 0.15) is 19.0 Å². The summed E-state index contributed by atoms with van der Waals surface area (Å²) < 4.78 is 10.9. The summed E-state index contributed by atoms with van der Waals surface area (Å²) in [5.41, 5.74) is 0.313. The molecule has 2 unspecified atom stereocenters. The smallest absolute Gasteiger partial charge is 0.158 e. The van der Waals surface area contributed by atoms with E-state index in [1.165, 1.54) is 6.20 Å². The Morgan fingerprint density at radius 1 is 1.61 bits per heavy atom. The van der Waals surface area contributed by atoms with E-state index in [0.29, 0.717) is 24.7 Å². The predicted octanol–water partition coefficient (Wildman–Crippen LogP) is 0.954. The second kappa shape index (κ2) is 6.28. The first-order chi connectivity index (χ1) is 8.78. The molecule has 0 radical (unpaired) electrons. The first-order valence-corrected chi connectivity index (χ1v) is 5.96. The molecule has 0 amide bonds. The van der Waals surface area contributed by atoms with Gasteiger partial charge in [0.1, 0.15) is 11.9 Å². The van der Waals surface area contributed by atoms with Crippen molar-refractivity contribution in [2.24, 2.45) is 0 Å². The number of ether oxygens (including phenoxy) is 2. The number of hydrogen-bond donors (Lipinski definition) is 1. The highest BCUT2D eigenvalue weighted by Crippen LogP contribution is 2.09. The van der Waals surface area contributed by atoms with Gasteiger partial charge in [-0.25, -0.2) is 9.97 Å². The van der Waals surface area contributed by atoms with Crippen molar-refractivity contribution in [3.63, 3.8) is 0 Å². The molecule has 1 fully saturated rings. The molecular formula is C12H16N4O2. The summed E-state index contributed by atoms with van der Waals surface area (Å²) in [6, 6.07) is 2.06. The van der Waals surface area contributed by atoms with Gasteiger partial charge in [-0.05, 0) is 13.3 Å². The standard InChI is InChI=1S/C12H16N4O2/c1-9(7-18-11-2-3-17-8-11)16-12-6-14-10(4-13)5-15-12/h5-6,9,11H,2-3,7-8H2,1H3,(H,15,16). The molecule has 2 heterocycles. The van der Waals surface area contributed by atoms with Gasteiger partial charge in [0.05, 0.1) is 31.7 Å². The van der Waals surface area contributed by atoms with E-state index in [9.17, 15) is 0 Å². The van der Waals surface area contributed by atoms with Crippen molar-refractivity contribution in [2.75, 3.05) is 25.1 Å². The second-order valence-electron chi connectivity index (χ2n) is 4.26. The minimum atomic E-state index is 0.132. The maximum Gasteiger partial charge on any atom is 0.158 e. The average molecular weight is 248 g/mol. The van der Waals surface area contributed by atoms with Gasteiger partial charge in [-0.15, -0.1) is 0 Å². The monoisotopic (exact) mass is 248 g/mol. The van der Waals surface area contributed by atoms with Gasteiger partial charge in [-0.3, -0.25) is 0 Å². The van der Waals surface area contributed by atoms with Crippen LogP contribution in [0.2, 0.25) is 0 Å². The van der Waals surface area contributed by atoms with Crippen LogP contribution in [0.3, 0.4) is 0 Å². The number of aromatic nitrogens is 2. The zero-order valence-corrected chi connectivity index (χ0v) is 10.3. The normalized spacial score (nSPS) is 20.3. The van der Waals surface area contributed by atoms with Gasteiger partial charge in [0.15, 0.2) is 5.69 Å². The van der Waals surface area contributed by atoms with E-state index >= 15 is 0 Å². The second-order valence-corrected chi connectivity index (χ2v) is 4.26. The molecule has 6 heteroatoms. The number of nitrogens with one attached hydrogen (secondary N) is 1. The Morgan fingerprint density at radius 2 is 2.50 bits per heavy atom. The summed E-state index contributed by atoms with van der Waals surface area (Å²) in [5.74, 6) is 0.646. The van der Waals surface area contributed by atoms with Gasteiger partial charge in [0, 0.05) is 12.6 Å². The van der Waals surface area contributed by atoms with Crippen LogP contribution < -0.4 is 5.32 Å². The van der Waals surface area contributed by atoms with Crippen LogP contribution in [0.25, 0.3) is 0 Å². The molecule has 0 aliphatic carbocycles. The van der Waals surface area contributed by atoms with Gasteiger partial charge in [-0.2, -0.15) is 5.26 Å². The molecule has 0 saturated carbocycles. The van der Waals surface area contributed by atoms with Gasteiger partial charge in [0.2, 0.25) is 0 Å². The molecule has 1 aliphatic heterocycles. The summed E-state index contributed by atoms with van der Waals surface area (Å²) in [7, 11) is 0. The Morgan fingerprint density at radius 3 is 3.11 bits per heavy atom. The Balaban J connectivity index is 1.75. The minimum Gasteiger partial charge on any atom is -0.379 e. The summed E-state index contributed by atoms with van der Waals surface area (Å²) in [5, 5.41) is 11.8. The molecule has 1 saturated heterocycles. The van der Waals surface area contributed by atoms with E-state index in [1.54, 1.807) is 6.20 Å².